The lowest BCUT2D eigenvalue weighted by molar-refractivity contribution is -0.146. The number of amides is 1. The summed E-state index contributed by atoms with van der Waals surface area (Å²) in [6, 6.07) is 12.6. The first-order valence-corrected chi connectivity index (χ1v) is 13.3. The third kappa shape index (κ3) is 6.06. The highest BCUT2D eigenvalue weighted by molar-refractivity contribution is 6.34. The molecule has 1 amide bonds. The van der Waals surface area contributed by atoms with Gasteiger partial charge in [0.25, 0.3) is 0 Å². The van der Waals surface area contributed by atoms with Gasteiger partial charge in [-0.25, -0.2) is 9.97 Å². The molecule has 2 fully saturated rings. The number of rotatable bonds is 9. The van der Waals surface area contributed by atoms with Crippen molar-refractivity contribution in [2.45, 2.75) is 38.1 Å². The Morgan fingerprint density at radius 1 is 1.16 bits per heavy atom. The van der Waals surface area contributed by atoms with E-state index in [-0.39, 0.29) is 23.7 Å². The molecular formula is C28H30Cl2N4O3. The van der Waals surface area contributed by atoms with E-state index in [9.17, 15) is 9.59 Å². The number of esters is 1. The summed E-state index contributed by atoms with van der Waals surface area (Å²) in [4.78, 5) is 36.5. The maximum absolute atomic E-state index is 13.0. The highest BCUT2D eigenvalue weighted by Gasteiger charge is 2.54. The Morgan fingerprint density at radius 2 is 1.92 bits per heavy atom. The number of aryl methyl sites for hydroxylation is 1. The Bertz CT molecular complexity index is 1280. The van der Waals surface area contributed by atoms with Crippen molar-refractivity contribution < 1.29 is 14.3 Å². The first-order chi connectivity index (χ1) is 17.8. The van der Waals surface area contributed by atoms with Crippen LogP contribution in [0.15, 0.2) is 48.7 Å². The van der Waals surface area contributed by atoms with Crippen LogP contribution in [0.4, 0.5) is 0 Å². The zero-order valence-electron chi connectivity index (χ0n) is 20.8. The van der Waals surface area contributed by atoms with E-state index in [1.165, 1.54) is 7.11 Å². The summed E-state index contributed by atoms with van der Waals surface area (Å²) in [5.74, 6) is -0.493. The number of aromatic nitrogens is 2. The number of benzene rings is 1. The molecule has 1 aliphatic carbocycles. The normalized spacial score (nSPS) is 17.7. The van der Waals surface area contributed by atoms with E-state index >= 15 is 0 Å². The fourth-order valence-corrected chi connectivity index (χ4v) is 6.22. The maximum Gasteiger partial charge on any atom is 0.307 e. The number of ether oxygens (including phenoxy) is 1. The molecule has 1 atom stereocenters. The van der Waals surface area contributed by atoms with Crippen LogP contribution in [0, 0.1) is 11.3 Å². The van der Waals surface area contributed by atoms with Crippen molar-refractivity contribution in [3.8, 4) is 0 Å². The lowest BCUT2D eigenvalue weighted by atomic mass is 9.57. The predicted octanol–water partition coefficient (Wildman–Crippen LogP) is 5.00. The summed E-state index contributed by atoms with van der Waals surface area (Å²) in [7, 11) is 1.33. The molecule has 7 nitrogen and oxygen atoms in total. The van der Waals surface area contributed by atoms with Gasteiger partial charge >= 0.3 is 5.97 Å². The number of carbonyl (C=O) groups excluding carboxylic acids is 2. The topological polar surface area (TPSA) is 84.4 Å². The molecule has 0 unspecified atom stereocenters. The number of pyridine rings is 2. The van der Waals surface area contributed by atoms with Gasteiger partial charge in [0.1, 0.15) is 0 Å². The van der Waals surface area contributed by atoms with Crippen LogP contribution in [0.25, 0.3) is 11.0 Å². The summed E-state index contributed by atoms with van der Waals surface area (Å²) in [6.45, 7) is 3.08. The van der Waals surface area contributed by atoms with E-state index in [0.29, 0.717) is 15.6 Å². The van der Waals surface area contributed by atoms with Gasteiger partial charge in [-0.05, 0) is 85.7 Å². The summed E-state index contributed by atoms with van der Waals surface area (Å²) >= 11 is 12.3. The molecule has 1 spiro atoms. The van der Waals surface area contributed by atoms with Crippen molar-refractivity contribution >= 4 is 46.1 Å². The van der Waals surface area contributed by atoms with Crippen molar-refractivity contribution in [3.63, 3.8) is 0 Å². The maximum atomic E-state index is 13.0. The number of fused-ring (bicyclic) bond motifs is 1. The quantitative estimate of drug-likeness (QED) is 0.384. The molecule has 1 aromatic carbocycles. The minimum Gasteiger partial charge on any atom is -0.469 e. The van der Waals surface area contributed by atoms with Crippen LogP contribution in [-0.2, 0) is 20.7 Å². The predicted molar refractivity (Wildman–Crippen MR) is 143 cm³/mol. The minimum atomic E-state index is -0.537. The van der Waals surface area contributed by atoms with Gasteiger partial charge in [0.05, 0.1) is 19.6 Å². The highest BCUT2D eigenvalue weighted by Crippen LogP contribution is 2.52. The van der Waals surface area contributed by atoms with Gasteiger partial charge in [0, 0.05) is 46.3 Å². The van der Waals surface area contributed by atoms with E-state index in [4.69, 9.17) is 27.9 Å². The summed E-state index contributed by atoms with van der Waals surface area (Å²) in [5, 5.41) is 5.01. The molecule has 0 radical (unpaired) electrons. The lowest BCUT2D eigenvalue weighted by Gasteiger charge is -2.59. The van der Waals surface area contributed by atoms with Gasteiger partial charge < -0.3 is 15.0 Å². The fourth-order valence-electron chi connectivity index (χ4n) is 5.67. The van der Waals surface area contributed by atoms with Crippen molar-refractivity contribution in [2.24, 2.45) is 11.3 Å². The molecule has 5 rings (SSSR count). The molecule has 3 aromatic rings. The fraction of sp³-hybridized carbons (Fsp3) is 0.429. The molecule has 1 aliphatic heterocycles. The number of hydrogen-bond acceptors (Lipinski definition) is 6. The zero-order chi connectivity index (χ0) is 26.0. The third-order valence-electron chi connectivity index (χ3n) is 7.48. The monoisotopic (exact) mass is 540 g/mol. The Morgan fingerprint density at radius 3 is 2.65 bits per heavy atom. The molecule has 1 N–H and O–H groups in total. The Hall–Kier alpha value is -2.74. The van der Waals surface area contributed by atoms with Gasteiger partial charge in [-0.15, -0.1) is 0 Å². The van der Waals surface area contributed by atoms with Crippen LogP contribution in [-0.4, -0.2) is 53.5 Å². The van der Waals surface area contributed by atoms with E-state index < -0.39 is 12.0 Å². The van der Waals surface area contributed by atoms with Crippen molar-refractivity contribution in [2.75, 3.05) is 26.7 Å². The van der Waals surface area contributed by atoms with Crippen LogP contribution in [0.1, 0.15) is 43.0 Å². The second-order valence-corrected chi connectivity index (χ2v) is 11.2. The van der Waals surface area contributed by atoms with Crippen molar-refractivity contribution in [1.82, 2.24) is 20.2 Å². The number of likely N-dealkylation sites (tertiary alicyclic amines) is 1. The number of hydrogen-bond donors (Lipinski definition) is 1. The van der Waals surface area contributed by atoms with E-state index in [1.807, 2.05) is 12.1 Å². The lowest BCUT2D eigenvalue weighted by Crippen LogP contribution is -2.64. The van der Waals surface area contributed by atoms with Crippen molar-refractivity contribution in [1.29, 1.82) is 0 Å². The molecule has 37 heavy (non-hydrogen) atoms. The molecule has 2 aromatic heterocycles. The number of nitrogens with one attached hydrogen (secondary N) is 1. The number of methoxy groups -OCH3 is 1. The SMILES string of the molecule is COC(=O)C[C@H](NC(=O)C1CC2(C1)CN(CCCc1ccc3cccnc3n1)C2)c1cc(Cl)cc(Cl)c1. The zero-order valence-corrected chi connectivity index (χ0v) is 22.3. The molecule has 2 aliphatic rings. The second-order valence-electron chi connectivity index (χ2n) is 10.3. The smallest absolute Gasteiger partial charge is 0.307 e. The molecule has 194 valence electrons. The van der Waals surface area contributed by atoms with Gasteiger partial charge in [-0.3, -0.25) is 9.59 Å². The third-order valence-corrected chi connectivity index (χ3v) is 7.92. The number of carbonyl (C=O) groups is 2. The standard InChI is InChI=1S/C28H30Cl2N4O3/c1-37-25(35)13-24(19-10-21(29)12-22(30)11-19)33-27(36)20-14-28(15-20)16-34(17-28)9-3-5-23-7-6-18-4-2-8-31-26(18)32-23/h2,4,6-8,10-12,20,24H,3,5,9,13-17H2,1H3,(H,33,36)/t24-/m0/s1. The first-order valence-electron chi connectivity index (χ1n) is 12.6. The minimum absolute atomic E-state index is 0.0205. The van der Waals surface area contributed by atoms with E-state index in [1.54, 1.807) is 24.4 Å². The van der Waals surface area contributed by atoms with Crippen LogP contribution in [0.3, 0.4) is 0 Å². The van der Waals surface area contributed by atoms with Crippen LogP contribution in [0.2, 0.25) is 10.0 Å². The van der Waals surface area contributed by atoms with E-state index in [2.05, 4.69) is 32.3 Å². The average molecular weight is 541 g/mol. The van der Waals surface area contributed by atoms with Gasteiger partial charge in [-0.1, -0.05) is 23.2 Å². The molecule has 3 heterocycles. The molecule has 0 bridgehead atoms. The molecular weight excluding hydrogens is 511 g/mol. The molecule has 1 saturated heterocycles. The number of nitrogens with zero attached hydrogens (tertiary/aromatic N) is 3. The van der Waals surface area contributed by atoms with Crippen LogP contribution < -0.4 is 5.32 Å². The summed E-state index contributed by atoms with van der Waals surface area (Å²) < 4.78 is 4.83. The summed E-state index contributed by atoms with van der Waals surface area (Å²) in [6.07, 6.45) is 5.51. The Labute approximate surface area is 226 Å². The van der Waals surface area contributed by atoms with Crippen LogP contribution >= 0.6 is 23.2 Å². The largest absolute Gasteiger partial charge is 0.469 e. The first kappa shape index (κ1) is 25.9. The average Bonchev–Trinajstić information content (AvgIpc) is 2.82. The Kier molecular flexibility index (Phi) is 7.65. The summed E-state index contributed by atoms with van der Waals surface area (Å²) in [5.41, 5.74) is 2.81. The Balaban J connectivity index is 1.08. The molecule has 9 heteroatoms. The second kappa shape index (κ2) is 10.9. The molecule has 1 saturated carbocycles. The highest BCUT2D eigenvalue weighted by atomic mass is 35.5. The van der Waals surface area contributed by atoms with Gasteiger partial charge in [-0.2, -0.15) is 0 Å². The van der Waals surface area contributed by atoms with Crippen molar-refractivity contribution in [3.05, 3.63) is 70.0 Å². The number of halogens is 2. The van der Waals surface area contributed by atoms with Gasteiger partial charge in [0.15, 0.2) is 5.65 Å². The van der Waals surface area contributed by atoms with Crippen LogP contribution in [0.5, 0.6) is 0 Å². The van der Waals surface area contributed by atoms with E-state index in [0.717, 1.165) is 62.0 Å². The van der Waals surface area contributed by atoms with Gasteiger partial charge in [0.2, 0.25) is 5.91 Å².